The number of rotatable bonds is 43. The molecule has 0 heterocycles. The topological polar surface area (TPSA) is 58.9 Å². The van der Waals surface area contributed by atoms with Crippen LogP contribution in [0.15, 0.2) is 24.3 Å². The van der Waals surface area contributed by atoms with Gasteiger partial charge in [0.25, 0.3) is 0 Å². The molecule has 0 radical (unpaired) electrons. The summed E-state index contributed by atoms with van der Waals surface area (Å²) >= 11 is 0. The summed E-state index contributed by atoms with van der Waals surface area (Å²) in [5.74, 6) is 0. The molecule has 322 valence electrons. The molecule has 0 rings (SSSR count). The van der Waals surface area contributed by atoms with Crippen molar-refractivity contribution in [3.05, 3.63) is 24.3 Å². The lowest BCUT2D eigenvalue weighted by atomic mass is 10.1. The molecule has 0 aliphatic rings. The van der Waals surface area contributed by atoms with Gasteiger partial charge in [-0.3, -0.25) is 0 Å². The molecule has 2 N–H and O–H groups in total. The molecule has 0 aliphatic carbocycles. The van der Waals surface area contributed by atoms with Crippen LogP contribution in [0.1, 0.15) is 194 Å². The highest BCUT2D eigenvalue weighted by Crippen LogP contribution is 2.18. The van der Waals surface area contributed by atoms with Crippen LogP contribution in [0.3, 0.4) is 0 Å². The van der Waals surface area contributed by atoms with Gasteiger partial charge in [0.05, 0.1) is 41.4 Å². The van der Waals surface area contributed by atoms with Gasteiger partial charge in [-0.15, -0.1) is 0 Å². The summed E-state index contributed by atoms with van der Waals surface area (Å²) in [6.45, 7) is 9.44. The predicted octanol–water partition coefficient (Wildman–Crippen LogP) is 12.0. The molecule has 2 atom stereocenters. The Bertz CT molecular complexity index is 749. The van der Waals surface area contributed by atoms with Crippen molar-refractivity contribution < 1.29 is 28.7 Å². The maximum atomic E-state index is 9.78. The summed E-state index contributed by atoms with van der Waals surface area (Å²) in [4.78, 5) is 0. The molecular weight excluding hydrogens is 669 g/mol. The largest absolute Gasteiger partial charge is 0.391 e. The second kappa shape index (κ2) is 39.1. The van der Waals surface area contributed by atoms with Gasteiger partial charge in [0.1, 0.15) is 38.4 Å². The van der Waals surface area contributed by atoms with E-state index in [4.69, 9.17) is 9.47 Å². The molecule has 0 fully saturated rings. The van der Waals surface area contributed by atoms with Crippen molar-refractivity contribution in [1.29, 1.82) is 0 Å². The Hall–Kier alpha value is -0.760. The highest BCUT2D eigenvalue weighted by atomic mass is 16.5. The zero-order valence-corrected chi connectivity index (χ0v) is 37.5. The number of unbranched alkanes of at least 4 members (excludes halogenated alkanes) is 24. The van der Waals surface area contributed by atoms with E-state index in [0.29, 0.717) is 22.1 Å². The molecule has 2 unspecified atom stereocenters. The van der Waals surface area contributed by atoms with Gasteiger partial charge in [-0.05, 0) is 64.2 Å². The van der Waals surface area contributed by atoms with Crippen LogP contribution in [0.2, 0.25) is 0 Å². The van der Waals surface area contributed by atoms with Crippen LogP contribution in [0.25, 0.3) is 0 Å². The van der Waals surface area contributed by atoms with Crippen LogP contribution in [0.4, 0.5) is 0 Å². The molecule has 0 spiro atoms. The molecule has 6 nitrogen and oxygen atoms in total. The van der Waals surface area contributed by atoms with Crippen molar-refractivity contribution in [1.82, 2.24) is 0 Å². The molecule has 0 bridgehead atoms. The van der Waals surface area contributed by atoms with Crippen LogP contribution in [-0.4, -0.2) is 112 Å². The Balaban J connectivity index is 4.59. The van der Waals surface area contributed by atoms with Gasteiger partial charge in [-0.2, -0.15) is 0 Å². The first-order valence-electron chi connectivity index (χ1n) is 23.6. The van der Waals surface area contributed by atoms with E-state index in [9.17, 15) is 10.2 Å². The minimum Gasteiger partial charge on any atom is -0.391 e. The van der Waals surface area contributed by atoms with E-state index in [2.05, 4.69) is 66.3 Å². The quantitative estimate of drug-likeness (QED) is 0.0369. The monoisotopic (exact) mass is 767 g/mol. The lowest BCUT2D eigenvalue weighted by Crippen LogP contribution is -2.56. The summed E-state index contributed by atoms with van der Waals surface area (Å²) in [5.41, 5.74) is 0. The van der Waals surface area contributed by atoms with E-state index in [1.165, 1.54) is 167 Å². The van der Waals surface area contributed by atoms with Crippen molar-refractivity contribution in [2.45, 2.75) is 206 Å². The predicted molar refractivity (Wildman–Crippen MR) is 236 cm³/mol. The SMILES string of the molecule is CCCCCCCC/C=C\CCCCCCCCOC(C[N+](C)(C)CCO)C(C[N+](C)(C)CCO)OCCCCCCCC/C=C\CCCCCCCC. The average molecular weight is 767 g/mol. The first-order chi connectivity index (χ1) is 26.2. The fourth-order valence-electron chi connectivity index (χ4n) is 7.42. The normalized spacial score (nSPS) is 13.9. The third-order valence-electron chi connectivity index (χ3n) is 11.1. The summed E-state index contributed by atoms with van der Waals surface area (Å²) in [6.07, 6.45) is 46.1. The highest BCUT2D eigenvalue weighted by molar-refractivity contribution is 4.82. The minimum atomic E-state index is -0.0418. The van der Waals surface area contributed by atoms with Crippen LogP contribution < -0.4 is 0 Å². The second-order valence-corrected chi connectivity index (χ2v) is 17.8. The van der Waals surface area contributed by atoms with Gasteiger partial charge in [-0.1, -0.05) is 154 Å². The Morgan fingerprint density at radius 2 is 0.648 bits per heavy atom. The van der Waals surface area contributed by atoms with Gasteiger partial charge >= 0.3 is 0 Å². The lowest BCUT2D eigenvalue weighted by molar-refractivity contribution is -0.902. The number of ether oxygens (including phenoxy) is 2. The van der Waals surface area contributed by atoms with E-state index < -0.39 is 0 Å². The molecule has 0 aliphatic heterocycles. The number of hydrogen-bond acceptors (Lipinski definition) is 4. The number of quaternary nitrogens is 2. The number of hydrogen-bond donors (Lipinski definition) is 2. The number of aliphatic hydroxyl groups excluding tert-OH is 2. The van der Waals surface area contributed by atoms with Crippen LogP contribution in [-0.2, 0) is 9.47 Å². The third-order valence-corrected chi connectivity index (χ3v) is 11.1. The molecule has 0 saturated carbocycles. The van der Waals surface area contributed by atoms with Crippen molar-refractivity contribution >= 4 is 0 Å². The summed E-state index contributed by atoms with van der Waals surface area (Å²) in [7, 11) is 8.75. The number of likely N-dealkylation sites (N-methyl/N-ethyl adjacent to an activating group) is 2. The standard InChI is InChI=1S/C48H98N2O4/c1-7-9-11-13-15-17-19-21-23-25-27-29-31-33-35-37-43-53-47(45-49(3,4)39-41-51)48(46-50(5,6)40-42-52)54-44-38-36-34-32-30-28-26-24-22-20-18-16-14-12-10-8-2/h21-24,47-48,51-52H,7-20,25-46H2,1-6H3/q+2/b23-21-,24-22-. The number of nitrogens with zero attached hydrogens (tertiary/aromatic N) is 2. The van der Waals surface area contributed by atoms with Gasteiger partial charge in [0.2, 0.25) is 0 Å². The highest BCUT2D eigenvalue weighted by Gasteiger charge is 2.35. The maximum absolute atomic E-state index is 9.78. The zero-order chi connectivity index (χ0) is 39.9. The number of allylic oxidation sites excluding steroid dienone is 4. The zero-order valence-electron chi connectivity index (χ0n) is 37.5. The molecule has 0 saturated heterocycles. The molecular formula is C48H98N2O4+2. The van der Waals surface area contributed by atoms with Crippen LogP contribution >= 0.6 is 0 Å². The van der Waals surface area contributed by atoms with Gasteiger partial charge in [-0.25, -0.2) is 0 Å². The first kappa shape index (κ1) is 53.2. The van der Waals surface area contributed by atoms with E-state index in [1.54, 1.807) is 0 Å². The second-order valence-electron chi connectivity index (χ2n) is 17.8. The summed E-state index contributed by atoms with van der Waals surface area (Å²) in [5, 5.41) is 19.6. The Morgan fingerprint density at radius 1 is 0.389 bits per heavy atom. The first-order valence-corrected chi connectivity index (χ1v) is 23.6. The summed E-state index contributed by atoms with van der Waals surface area (Å²) < 4.78 is 14.8. The fraction of sp³-hybridized carbons (Fsp3) is 0.917. The van der Waals surface area contributed by atoms with E-state index in [-0.39, 0.29) is 25.4 Å². The lowest BCUT2D eigenvalue weighted by Gasteiger charge is -2.39. The molecule has 0 amide bonds. The van der Waals surface area contributed by atoms with Gasteiger partial charge in [0, 0.05) is 13.2 Å². The Labute approximate surface area is 338 Å². The third kappa shape index (κ3) is 36.9. The van der Waals surface area contributed by atoms with E-state index >= 15 is 0 Å². The summed E-state index contributed by atoms with van der Waals surface area (Å²) in [6, 6.07) is 0. The fourth-order valence-corrected chi connectivity index (χ4v) is 7.42. The molecule has 0 aromatic heterocycles. The Kier molecular flexibility index (Phi) is 38.5. The Morgan fingerprint density at radius 3 is 0.926 bits per heavy atom. The van der Waals surface area contributed by atoms with E-state index in [0.717, 1.165) is 39.1 Å². The molecule has 0 aromatic carbocycles. The van der Waals surface area contributed by atoms with Crippen LogP contribution in [0.5, 0.6) is 0 Å². The van der Waals surface area contributed by atoms with Crippen molar-refractivity contribution in [3.8, 4) is 0 Å². The molecule has 0 aromatic rings. The molecule has 54 heavy (non-hydrogen) atoms. The van der Waals surface area contributed by atoms with Gasteiger partial charge in [0.15, 0.2) is 0 Å². The van der Waals surface area contributed by atoms with Gasteiger partial charge < -0.3 is 28.7 Å². The average Bonchev–Trinajstić information content (AvgIpc) is 3.13. The smallest absolute Gasteiger partial charge is 0.138 e. The van der Waals surface area contributed by atoms with Crippen molar-refractivity contribution in [3.63, 3.8) is 0 Å². The number of aliphatic hydroxyl groups is 2. The van der Waals surface area contributed by atoms with Crippen molar-refractivity contribution in [2.75, 3.05) is 80.8 Å². The van der Waals surface area contributed by atoms with Crippen LogP contribution in [0, 0.1) is 0 Å². The van der Waals surface area contributed by atoms with Crippen molar-refractivity contribution in [2.24, 2.45) is 0 Å². The molecule has 6 heteroatoms. The maximum Gasteiger partial charge on any atom is 0.138 e. The van der Waals surface area contributed by atoms with E-state index in [1.807, 2.05) is 0 Å². The minimum absolute atomic E-state index is 0.0418.